The number of nitrogens with zero attached hydrogens (tertiary/aromatic N) is 1. The first-order chi connectivity index (χ1) is 6.49. The summed E-state index contributed by atoms with van der Waals surface area (Å²) >= 11 is 5.45. The Morgan fingerprint density at radius 2 is 2.00 bits per heavy atom. The summed E-state index contributed by atoms with van der Waals surface area (Å²) in [4.78, 5) is 0. The minimum Gasteiger partial charge on any atom is -0.192 e. The lowest BCUT2D eigenvalue weighted by molar-refractivity contribution is -0.137. The molecule has 0 fully saturated rings. The maximum Gasteiger partial charge on any atom is 0.416 e. The van der Waals surface area contributed by atoms with E-state index in [1.54, 1.807) is 6.07 Å². The van der Waals surface area contributed by atoms with Gasteiger partial charge in [-0.3, -0.25) is 0 Å². The molecule has 0 aliphatic rings. The van der Waals surface area contributed by atoms with Gasteiger partial charge in [0.2, 0.25) is 0 Å². The Labute approximate surface area is 83.7 Å². The predicted molar refractivity (Wildman–Crippen MR) is 45.7 cm³/mol. The SMILES string of the molecule is N#Cc1cc(C(F)(F)F)ccc1CCl. The smallest absolute Gasteiger partial charge is 0.192 e. The second-order valence-electron chi connectivity index (χ2n) is 2.62. The van der Waals surface area contributed by atoms with Crippen molar-refractivity contribution < 1.29 is 13.2 Å². The van der Waals surface area contributed by atoms with Gasteiger partial charge in [0.25, 0.3) is 0 Å². The van der Waals surface area contributed by atoms with E-state index in [0.717, 1.165) is 12.1 Å². The molecule has 0 spiro atoms. The summed E-state index contributed by atoms with van der Waals surface area (Å²) in [7, 11) is 0. The minimum absolute atomic E-state index is 0.0288. The first-order valence-corrected chi connectivity index (χ1v) is 4.18. The van der Waals surface area contributed by atoms with Gasteiger partial charge in [-0.25, -0.2) is 0 Å². The zero-order valence-corrected chi connectivity index (χ0v) is 7.65. The zero-order valence-electron chi connectivity index (χ0n) is 6.90. The normalized spacial score (nSPS) is 11.1. The second-order valence-corrected chi connectivity index (χ2v) is 2.88. The summed E-state index contributed by atoms with van der Waals surface area (Å²) in [6.45, 7) is 0. The monoisotopic (exact) mass is 219 g/mol. The topological polar surface area (TPSA) is 23.8 Å². The molecule has 0 bridgehead atoms. The van der Waals surface area contributed by atoms with Crippen molar-refractivity contribution in [3.63, 3.8) is 0 Å². The summed E-state index contributed by atoms with van der Waals surface area (Å²) in [6.07, 6.45) is -4.42. The molecule has 0 N–H and O–H groups in total. The molecule has 0 saturated heterocycles. The van der Waals surface area contributed by atoms with Crippen LogP contribution in [0.1, 0.15) is 16.7 Å². The molecular weight excluding hydrogens is 215 g/mol. The molecule has 1 aromatic rings. The predicted octanol–water partition coefficient (Wildman–Crippen LogP) is 3.32. The molecule has 5 heteroatoms. The summed E-state index contributed by atoms with van der Waals surface area (Å²) < 4.78 is 36.6. The quantitative estimate of drug-likeness (QED) is 0.665. The maximum atomic E-state index is 12.2. The Balaban J connectivity index is 3.23. The number of hydrogen-bond acceptors (Lipinski definition) is 1. The van der Waals surface area contributed by atoms with Crippen LogP contribution in [-0.2, 0) is 12.1 Å². The largest absolute Gasteiger partial charge is 0.416 e. The van der Waals surface area contributed by atoms with Crippen LogP contribution in [0.25, 0.3) is 0 Å². The lowest BCUT2D eigenvalue weighted by Gasteiger charge is -2.07. The molecule has 0 atom stereocenters. The molecule has 0 saturated carbocycles. The Hall–Kier alpha value is -1.21. The van der Waals surface area contributed by atoms with Gasteiger partial charge in [-0.1, -0.05) is 6.07 Å². The summed E-state index contributed by atoms with van der Waals surface area (Å²) in [5.41, 5.74) is -0.458. The van der Waals surface area contributed by atoms with Crippen LogP contribution in [0, 0.1) is 11.3 Å². The van der Waals surface area contributed by atoms with Gasteiger partial charge in [0.15, 0.2) is 0 Å². The highest BCUT2D eigenvalue weighted by molar-refractivity contribution is 6.17. The van der Waals surface area contributed by atoms with Crippen molar-refractivity contribution in [1.82, 2.24) is 0 Å². The van der Waals surface area contributed by atoms with Crippen molar-refractivity contribution >= 4 is 11.6 Å². The molecule has 0 radical (unpaired) electrons. The third-order valence-corrected chi connectivity index (χ3v) is 1.99. The third-order valence-electron chi connectivity index (χ3n) is 1.70. The zero-order chi connectivity index (χ0) is 10.8. The van der Waals surface area contributed by atoms with E-state index >= 15 is 0 Å². The van der Waals surface area contributed by atoms with Crippen molar-refractivity contribution in [2.45, 2.75) is 12.1 Å². The van der Waals surface area contributed by atoms with Gasteiger partial charge < -0.3 is 0 Å². The molecule has 0 unspecified atom stereocenters. The van der Waals surface area contributed by atoms with Gasteiger partial charge in [0.1, 0.15) is 0 Å². The molecule has 1 nitrogen and oxygen atoms in total. The van der Waals surface area contributed by atoms with Gasteiger partial charge >= 0.3 is 6.18 Å². The minimum atomic E-state index is -4.42. The van der Waals surface area contributed by atoms with E-state index in [1.807, 2.05) is 0 Å². The third kappa shape index (κ3) is 2.18. The number of hydrogen-bond donors (Lipinski definition) is 0. The highest BCUT2D eigenvalue weighted by Gasteiger charge is 2.30. The molecule has 74 valence electrons. The fourth-order valence-corrected chi connectivity index (χ4v) is 1.21. The fraction of sp³-hybridized carbons (Fsp3) is 0.222. The summed E-state index contributed by atoms with van der Waals surface area (Å²) in [6, 6.07) is 4.61. The number of nitriles is 1. The van der Waals surface area contributed by atoms with Crippen LogP contribution < -0.4 is 0 Å². The Morgan fingerprint density at radius 1 is 1.36 bits per heavy atom. The van der Waals surface area contributed by atoms with E-state index in [1.165, 1.54) is 6.07 Å². The molecule has 0 heterocycles. The summed E-state index contributed by atoms with van der Waals surface area (Å²) in [5.74, 6) is 0.0288. The van der Waals surface area contributed by atoms with Crippen LogP contribution in [-0.4, -0.2) is 0 Å². The van der Waals surface area contributed by atoms with Gasteiger partial charge in [0, 0.05) is 5.88 Å². The number of alkyl halides is 4. The first kappa shape index (κ1) is 10.9. The van der Waals surface area contributed by atoms with Gasteiger partial charge in [-0.2, -0.15) is 18.4 Å². The Bertz CT molecular complexity index is 379. The highest BCUT2D eigenvalue weighted by Crippen LogP contribution is 2.30. The number of rotatable bonds is 1. The van der Waals surface area contributed by atoms with Crippen LogP contribution in [0.2, 0.25) is 0 Å². The van der Waals surface area contributed by atoms with Gasteiger partial charge in [-0.05, 0) is 17.7 Å². The van der Waals surface area contributed by atoms with Gasteiger partial charge in [0.05, 0.1) is 17.2 Å². The number of benzene rings is 1. The highest BCUT2D eigenvalue weighted by atomic mass is 35.5. The number of halogens is 4. The van der Waals surface area contributed by atoms with Crippen molar-refractivity contribution in [3.05, 3.63) is 34.9 Å². The first-order valence-electron chi connectivity index (χ1n) is 3.65. The molecule has 1 aromatic carbocycles. The molecule has 0 aliphatic heterocycles. The second kappa shape index (κ2) is 3.89. The van der Waals surface area contributed by atoms with Crippen LogP contribution in [0.4, 0.5) is 13.2 Å². The van der Waals surface area contributed by atoms with Crippen LogP contribution >= 0.6 is 11.6 Å². The van der Waals surface area contributed by atoms with Gasteiger partial charge in [-0.15, -0.1) is 11.6 Å². The lowest BCUT2D eigenvalue weighted by Crippen LogP contribution is -2.05. The molecule has 0 aromatic heterocycles. The summed E-state index contributed by atoms with van der Waals surface area (Å²) in [5, 5.41) is 8.56. The van der Waals surface area contributed by atoms with E-state index in [-0.39, 0.29) is 11.4 Å². The van der Waals surface area contributed by atoms with Crippen LogP contribution in [0.5, 0.6) is 0 Å². The Kier molecular flexibility index (Phi) is 3.02. The van der Waals surface area contributed by atoms with E-state index in [2.05, 4.69) is 0 Å². The molecule has 0 amide bonds. The van der Waals surface area contributed by atoms with Crippen LogP contribution in [0.3, 0.4) is 0 Å². The van der Waals surface area contributed by atoms with Crippen molar-refractivity contribution in [2.24, 2.45) is 0 Å². The average Bonchev–Trinajstić information content (AvgIpc) is 2.15. The lowest BCUT2D eigenvalue weighted by atomic mass is 10.1. The molecular formula is C9H5ClF3N. The van der Waals surface area contributed by atoms with Crippen LogP contribution in [0.15, 0.2) is 18.2 Å². The molecule has 1 rings (SSSR count). The van der Waals surface area contributed by atoms with E-state index < -0.39 is 11.7 Å². The standard InChI is InChI=1S/C9H5ClF3N/c10-4-6-1-2-8(9(11,12)13)3-7(6)5-14/h1-3H,4H2. The maximum absolute atomic E-state index is 12.2. The van der Waals surface area contributed by atoms with E-state index in [0.29, 0.717) is 5.56 Å². The van der Waals surface area contributed by atoms with Crippen molar-refractivity contribution in [3.8, 4) is 6.07 Å². The van der Waals surface area contributed by atoms with Crippen molar-refractivity contribution in [2.75, 3.05) is 0 Å². The molecule has 0 aliphatic carbocycles. The van der Waals surface area contributed by atoms with Crippen molar-refractivity contribution in [1.29, 1.82) is 5.26 Å². The average molecular weight is 220 g/mol. The van der Waals surface area contributed by atoms with E-state index in [9.17, 15) is 13.2 Å². The van der Waals surface area contributed by atoms with E-state index in [4.69, 9.17) is 16.9 Å². The Morgan fingerprint density at radius 3 is 2.43 bits per heavy atom. The fourth-order valence-electron chi connectivity index (χ4n) is 0.973. The molecule has 14 heavy (non-hydrogen) atoms.